The predicted molar refractivity (Wildman–Crippen MR) is 70.2 cm³/mol. The zero-order chi connectivity index (χ0) is 13.7. The maximum Gasteiger partial charge on any atom is 0.264 e. The Balaban J connectivity index is 1.94. The Morgan fingerprint density at radius 3 is 2.74 bits per heavy atom. The van der Waals surface area contributed by atoms with Gasteiger partial charge in [0.25, 0.3) is 5.91 Å². The van der Waals surface area contributed by atoms with Gasteiger partial charge in [-0.25, -0.2) is 0 Å². The van der Waals surface area contributed by atoms with Crippen molar-refractivity contribution in [2.45, 2.75) is 6.42 Å². The molecule has 2 aromatic rings. The standard InChI is InChI=1S/C13H15N3O3/c1-19-8-13(18)16-15-12(17)6-9-7-14-11-5-3-2-4-10(9)11/h2-5,7,14H,6,8H2,1H3,(H,15,17)(H,16,18). The van der Waals surface area contributed by atoms with Crippen molar-refractivity contribution in [3.8, 4) is 0 Å². The first kappa shape index (κ1) is 13.1. The molecule has 6 heteroatoms. The van der Waals surface area contributed by atoms with E-state index in [0.29, 0.717) is 0 Å². The van der Waals surface area contributed by atoms with Gasteiger partial charge in [-0.15, -0.1) is 0 Å². The molecule has 1 aromatic heterocycles. The van der Waals surface area contributed by atoms with Crippen LogP contribution in [0.5, 0.6) is 0 Å². The van der Waals surface area contributed by atoms with Crippen molar-refractivity contribution >= 4 is 22.7 Å². The molecule has 0 fully saturated rings. The minimum atomic E-state index is -0.394. The molecule has 0 saturated heterocycles. The second-order valence-corrected chi connectivity index (χ2v) is 4.07. The number of aromatic nitrogens is 1. The molecule has 0 aliphatic heterocycles. The fourth-order valence-electron chi connectivity index (χ4n) is 1.80. The number of aromatic amines is 1. The third-order valence-corrected chi connectivity index (χ3v) is 2.64. The number of amides is 2. The summed E-state index contributed by atoms with van der Waals surface area (Å²) in [6, 6.07) is 7.72. The number of ether oxygens (including phenoxy) is 1. The summed E-state index contributed by atoms with van der Waals surface area (Å²) in [5.41, 5.74) is 6.47. The Bertz CT molecular complexity index is 592. The predicted octanol–water partition coefficient (Wildman–Crippen LogP) is 0.504. The summed E-state index contributed by atoms with van der Waals surface area (Å²) in [6.07, 6.45) is 1.98. The van der Waals surface area contributed by atoms with E-state index in [4.69, 9.17) is 0 Å². The molecule has 2 rings (SSSR count). The Morgan fingerprint density at radius 1 is 1.21 bits per heavy atom. The van der Waals surface area contributed by atoms with E-state index < -0.39 is 5.91 Å². The van der Waals surface area contributed by atoms with Crippen molar-refractivity contribution in [2.75, 3.05) is 13.7 Å². The molecular weight excluding hydrogens is 246 g/mol. The molecule has 0 atom stereocenters. The molecule has 6 nitrogen and oxygen atoms in total. The molecule has 1 aromatic carbocycles. The fourth-order valence-corrected chi connectivity index (χ4v) is 1.80. The van der Waals surface area contributed by atoms with Gasteiger partial charge in [-0.1, -0.05) is 18.2 Å². The normalized spacial score (nSPS) is 10.4. The number of hydrogen-bond acceptors (Lipinski definition) is 3. The monoisotopic (exact) mass is 261 g/mol. The lowest BCUT2D eigenvalue weighted by Crippen LogP contribution is -2.43. The fraction of sp³-hybridized carbons (Fsp3) is 0.231. The van der Waals surface area contributed by atoms with Crippen molar-refractivity contribution in [1.82, 2.24) is 15.8 Å². The summed E-state index contributed by atoms with van der Waals surface area (Å²) in [7, 11) is 1.41. The van der Waals surface area contributed by atoms with E-state index >= 15 is 0 Å². The minimum Gasteiger partial charge on any atom is -0.375 e. The number of carbonyl (C=O) groups excluding carboxylic acids is 2. The van der Waals surface area contributed by atoms with Crippen LogP contribution in [0.3, 0.4) is 0 Å². The van der Waals surface area contributed by atoms with Crippen LogP contribution in [-0.2, 0) is 20.7 Å². The highest BCUT2D eigenvalue weighted by Crippen LogP contribution is 2.17. The second kappa shape index (κ2) is 6.01. The van der Waals surface area contributed by atoms with Gasteiger partial charge in [0.1, 0.15) is 6.61 Å². The molecule has 0 bridgehead atoms. The van der Waals surface area contributed by atoms with Crippen molar-refractivity contribution < 1.29 is 14.3 Å². The van der Waals surface area contributed by atoms with Crippen molar-refractivity contribution in [3.63, 3.8) is 0 Å². The molecule has 0 saturated carbocycles. The summed E-state index contributed by atoms with van der Waals surface area (Å²) in [5, 5.41) is 1.00. The van der Waals surface area contributed by atoms with E-state index in [0.717, 1.165) is 16.5 Å². The third-order valence-electron chi connectivity index (χ3n) is 2.64. The maximum absolute atomic E-state index is 11.7. The quantitative estimate of drug-likeness (QED) is 0.701. The summed E-state index contributed by atoms with van der Waals surface area (Å²) in [6.45, 7) is -0.0899. The zero-order valence-electron chi connectivity index (χ0n) is 10.5. The van der Waals surface area contributed by atoms with Gasteiger partial charge >= 0.3 is 0 Å². The number of carbonyl (C=O) groups is 2. The Kier molecular flexibility index (Phi) is 4.15. The number of hydrazine groups is 1. The van der Waals surface area contributed by atoms with E-state index in [2.05, 4.69) is 20.6 Å². The number of nitrogens with one attached hydrogen (secondary N) is 3. The molecule has 1 heterocycles. The third kappa shape index (κ3) is 3.32. The van der Waals surface area contributed by atoms with Crippen LogP contribution in [0.25, 0.3) is 10.9 Å². The number of para-hydroxylation sites is 1. The van der Waals surface area contributed by atoms with Gasteiger partial charge in [0, 0.05) is 24.2 Å². The molecule has 2 amide bonds. The number of H-pyrrole nitrogens is 1. The topological polar surface area (TPSA) is 83.2 Å². The largest absolute Gasteiger partial charge is 0.375 e. The minimum absolute atomic E-state index is 0.0899. The molecule has 0 spiro atoms. The maximum atomic E-state index is 11.7. The van der Waals surface area contributed by atoms with Gasteiger partial charge in [0.15, 0.2) is 0 Å². The van der Waals surface area contributed by atoms with E-state index in [9.17, 15) is 9.59 Å². The van der Waals surface area contributed by atoms with E-state index in [1.807, 2.05) is 24.3 Å². The molecule has 0 unspecified atom stereocenters. The highest BCUT2D eigenvalue weighted by Gasteiger charge is 2.09. The van der Waals surface area contributed by atoms with Crippen LogP contribution in [0.2, 0.25) is 0 Å². The smallest absolute Gasteiger partial charge is 0.264 e. The van der Waals surface area contributed by atoms with Crippen molar-refractivity contribution in [3.05, 3.63) is 36.0 Å². The first-order valence-electron chi connectivity index (χ1n) is 5.82. The van der Waals surface area contributed by atoms with Crippen molar-refractivity contribution in [2.24, 2.45) is 0 Å². The van der Waals surface area contributed by atoms with Crippen LogP contribution >= 0.6 is 0 Å². The van der Waals surface area contributed by atoms with Crippen LogP contribution < -0.4 is 10.9 Å². The van der Waals surface area contributed by atoms with Gasteiger partial charge in [0.05, 0.1) is 6.42 Å². The van der Waals surface area contributed by atoms with Gasteiger partial charge in [-0.05, 0) is 11.6 Å². The van der Waals surface area contributed by atoms with E-state index in [1.54, 1.807) is 6.20 Å². The van der Waals surface area contributed by atoms with E-state index in [1.165, 1.54) is 7.11 Å². The SMILES string of the molecule is COCC(=O)NNC(=O)Cc1c[nH]c2ccccc12. The highest BCUT2D eigenvalue weighted by molar-refractivity contribution is 5.89. The lowest BCUT2D eigenvalue weighted by Gasteiger charge is -2.06. The van der Waals surface area contributed by atoms with Crippen LogP contribution in [0, 0.1) is 0 Å². The summed E-state index contributed by atoms with van der Waals surface area (Å²) >= 11 is 0. The first-order chi connectivity index (χ1) is 9.20. The lowest BCUT2D eigenvalue weighted by atomic mass is 10.1. The summed E-state index contributed by atoms with van der Waals surface area (Å²) in [5.74, 6) is -0.677. The number of methoxy groups -OCH3 is 1. The Morgan fingerprint density at radius 2 is 1.95 bits per heavy atom. The van der Waals surface area contributed by atoms with Crippen LogP contribution in [-0.4, -0.2) is 30.5 Å². The first-order valence-corrected chi connectivity index (χ1v) is 5.82. The van der Waals surface area contributed by atoms with Crippen molar-refractivity contribution in [1.29, 1.82) is 0 Å². The Hall–Kier alpha value is -2.34. The average Bonchev–Trinajstić information content (AvgIpc) is 2.80. The number of fused-ring (bicyclic) bond motifs is 1. The number of benzene rings is 1. The Labute approximate surface area is 110 Å². The number of rotatable bonds is 4. The average molecular weight is 261 g/mol. The second-order valence-electron chi connectivity index (χ2n) is 4.07. The van der Waals surface area contributed by atoms with Gasteiger partial charge in [-0.2, -0.15) is 0 Å². The highest BCUT2D eigenvalue weighted by atomic mass is 16.5. The summed E-state index contributed by atoms with van der Waals surface area (Å²) < 4.78 is 4.63. The van der Waals surface area contributed by atoms with Crippen LogP contribution in [0.4, 0.5) is 0 Å². The van der Waals surface area contributed by atoms with E-state index in [-0.39, 0.29) is 18.9 Å². The lowest BCUT2D eigenvalue weighted by molar-refractivity contribution is -0.130. The van der Waals surface area contributed by atoms with Gasteiger partial charge < -0.3 is 9.72 Å². The molecule has 0 aliphatic rings. The van der Waals surface area contributed by atoms with Gasteiger partial charge in [0.2, 0.25) is 5.91 Å². The molecule has 100 valence electrons. The zero-order valence-corrected chi connectivity index (χ0v) is 10.5. The van der Waals surface area contributed by atoms with Gasteiger partial charge in [-0.3, -0.25) is 20.4 Å². The molecule has 3 N–H and O–H groups in total. The molecule has 0 radical (unpaired) electrons. The molecule has 0 aliphatic carbocycles. The molecular formula is C13H15N3O3. The number of hydrogen-bond donors (Lipinski definition) is 3. The molecule has 19 heavy (non-hydrogen) atoms. The van der Waals surface area contributed by atoms with Crippen LogP contribution in [0.1, 0.15) is 5.56 Å². The summed E-state index contributed by atoms with van der Waals surface area (Å²) in [4.78, 5) is 25.9. The van der Waals surface area contributed by atoms with Crippen LogP contribution in [0.15, 0.2) is 30.5 Å².